The summed E-state index contributed by atoms with van der Waals surface area (Å²) in [5.41, 5.74) is -0.998. The summed E-state index contributed by atoms with van der Waals surface area (Å²) in [4.78, 5) is 38.6. The highest BCUT2D eigenvalue weighted by Gasteiger charge is 2.36. The second kappa shape index (κ2) is 6.72. The number of carbonyl (C=O) groups excluding carboxylic acids is 3. The van der Waals surface area contributed by atoms with Gasteiger partial charge in [-0.3, -0.25) is 9.59 Å². The zero-order chi connectivity index (χ0) is 15.3. The molecule has 0 N–H and O–H groups in total. The van der Waals surface area contributed by atoms with Gasteiger partial charge in [0.1, 0.15) is 5.54 Å². The maximum Gasteiger partial charge on any atom is 0.331 e. The molecule has 0 spiro atoms. The number of nitrogens with zero attached hydrogens (tertiary/aromatic N) is 2. The Kier molecular flexibility index (Phi) is 5.53. The molecule has 1 saturated heterocycles. The number of rotatable bonds is 6. The van der Waals surface area contributed by atoms with Crippen molar-refractivity contribution in [1.82, 2.24) is 9.80 Å². The molecule has 1 aliphatic rings. The van der Waals surface area contributed by atoms with Gasteiger partial charge < -0.3 is 14.5 Å². The summed E-state index contributed by atoms with van der Waals surface area (Å²) in [6.45, 7) is 6.47. The Morgan fingerprint density at radius 2 is 2.05 bits per heavy atom. The Balaban J connectivity index is 2.53. The van der Waals surface area contributed by atoms with Crippen LogP contribution in [0.25, 0.3) is 0 Å². The van der Waals surface area contributed by atoms with Crippen molar-refractivity contribution in [3.05, 3.63) is 0 Å². The van der Waals surface area contributed by atoms with Crippen LogP contribution in [0.2, 0.25) is 0 Å². The normalized spacial score (nSPS) is 15.4. The Bertz CT molecular complexity index is 393. The first-order chi connectivity index (χ1) is 9.30. The summed E-state index contributed by atoms with van der Waals surface area (Å²) >= 11 is 0. The smallest absolute Gasteiger partial charge is 0.331 e. The molecule has 0 aromatic heterocycles. The number of likely N-dealkylation sites (tertiary alicyclic amines) is 1. The van der Waals surface area contributed by atoms with Crippen molar-refractivity contribution >= 4 is 17.8 Å². The topological polar surface area (TPSA) is 66.9 Å². The average molecular weight is 284 g/mol. The second-order valence-electron chi connectivity index (χ2n) is 5.47. The number of ether oxygens (including phenoxy) is 1. The molecule has 0 bridgehead atoms. The Morgan fingerprint density at radius 3 is 2.55 bits per heavy atom. The summed E-state index contributed by atoms with van der Waals surface area (Å²) in [6.07, 6.45) is 1.65. The fourth-order valence-electron chi connectivity index (χ4n) is 2.10. The maximum atomic E-state index is 12.1. The van der Waals surface area contributed by atoms with Crippen LogP contribution in [0.5, 0.6) is 0 Å². The van der Waals surface area contributed by atoms with Gasteiger partial charge in [0.2, 0.25) is 11.8 Å². The molecule has 1 heterocycles. The van der Waals surface area contributed by atoms with Gasteiger partial charge in [0.15, 0.2) is 0 Å². The van der Waals surface area contributed by atoms with Gasteiger partial charge in [-0.2, -0.15) is 0 Å². The predicted molar refractivity (Wildman–Crippen MR) is 73.9 cm³/mol. The standard InChI is InChI=1S/C14H24N2O4/c1-5-20-13(19)14(2,3)15(4)11(17)8-10-16-9-6-7-12(16)18/h5-10H2,1-4H3. The van der Waals surface area contributed by atoms with Crippen LogP contribution in [-0.2, 0) is 19.1 Å². The molecule has 0 atom stereocenters. The highest BCUT2D eigenvalue weighted by molar-refractivity contribution is 5.87. The van der Waals surface area contributed by atoms with E-state index >= 15 is 0 Å². The Hall–Kier alpha value is -1.59. The fraction of sp³-hybridized carbons (Fsp3) is 0.786. The summed E-state index contributed by atoms with van der Waals surface area (Å²) in [5.74, 6) is -0.485. The van der Waals surface area contributed by atoms with Crippen LogP contribution in [0.3, 0.4) is 0 Å². The third kappa shape index (κ3) is 3.71. The van der Waals surface area contributed by atoms with E-state index in [1.165, 1.54) is 4.90 Å². The lowest BCUT2D eigenvalue weighted by Crippen LogP contribution is -2.52. The van der Waals surface area contributed by atoms with E-state index in [0.717, 1.165) is 13.0 Å². The van der Waals surface area contributed by atoms with Crippen molar-refractivity contribution in [2.45, 2.75) is 45.6 Å². The zero-order valence-corrected chi connectivity index (χ0v) is 12.8. The molecule has 0 unspecified atom stereocenters. The molecular formula is C14H24N2O4. The Labute approximate surface area is 120 Å². The van der Waals surface area contributed by atoms with Crippen LogP contribution in [0.15, 0.2) is 0 Å². The molecule has 1 rings (SSSR count). The van der Waals surface area contributed by atoms with Crippen molar-refractivity contribution in [2.75, 3.05) is 26.7 Å². The molecule has 2 amide bonds. The predicted octanol–water partition coefficient (Wildman–Crippen LogP) is 0.799. The van der Waals surface area contributed by atoms with E-state index in [9.17, 15) is 14.4 Å². The van der Waals surface area contributed by atoms with E-state index < -0.39 is 11.5 Å². The lowest BCUT2D eigenvalue weighted by molar-refractivity contribution is -0.160. The van der Waals surface area contributed by atoms with Crippen LogP contribution < -0.4 is 0 Å². The molecular weight excluding hydrogens is 260 g/mol. The summed E-state index contributed by atoms with van der Waals surface area (Å²) < 4.78 is 4.98. The van der Waals surface area contributed by atoms with Gasteiger partial charge >= 0.3 is 5.97 Å². The molecule has 0 aromatic rings. The number of likely N-dealkylation sites (N-methyl/N-ethyl adjacent to an activating group) is 1. The van der Waals surface area contributed by atoms with E-state index in [1.54, 1.807) is 32.7 Å². The highest BCUT2D eigenvalue weighted by atomic mass is 16.5. The van der Waals surface area contributed by atoms with Crippen LogP contribution in [-0.4, -0.2) is 59.9 Å². The second-order valence-corrected chi connectivity index (χ2v) is 5.47. The van der Waals surface area contributed by atoms with Crippen molar-refractivity contribution in [3.8, 4) is 0 Å². The lowest BCUT2D eigenvalue weighted by atomic mass is 10.0. The SMILES string of the molecule is CCOC(=O)C(C)(C)N(C)C(=O)CCN1CCCC1=O. The third-order valence-electron chi connectivity index (χ3n) is 3.75. The first-order valence-corrected chi connectivity index (χ1v) is 7.02. The minimum atomic E-state index is -0.998. The first-order valence-electron chi connectivity index (χ1n) is 7.02. The molecule has 0 aromatic carbocycles. The van der Waals surface area contributed by atoms with Crippen molar-refractivity contribution in [3.63, 3.8) is 0 Å². The van der Waals surface area contributed by atoms with Gasteiger partial charge in [-0.25, -0.2) is 4.79 Å². The zero-order valence-electron chi connectivity index (χ0n) is 12.8. The van der Waals surface area contributed by atoms with Crippen LogP contribution >= 0.6 is 0 Å². The van der Waals surface area contributed by atoms with Gasteiger partial charge in [-0.05, 0) is 27.2 Å². The van der Waals surface area contributed by atoms with Gasteiger partial charge in [-0.1, -0.05) is 0 Å². The van der Waals surface area contributed by atoms with Crippen molar-refractivity contribution < 1.29 is 19.1 Å². The minimum Gasteiger partial charge on any atom is -0.464 e. The monoisotopic (exact) mass is 284 g/mol. The minimum absolute atomic E-state index is 0.102. The summed E-state index contributed by atoms with van der Waals surface area (Å²) in [6, 6.07) is 0. The van der Waals surface area contributed by atoms with Crippen molar-refractivity contribution in [2.24, 2.45) is 0 Å². The molecule has 1 fully saturated rings. The molecule has 0 radical (unpaired) electrons. The largest absolute Gasteiger partial charge is 0.464 e. The molecule has 114 valence electrons. The molecule has 6 heteroatoms. The number of carbonyl (C=O) groups is 3. The van der Waals surface area contributed by atoms with Gasteiger partial charge in [-0.15, -0.1) is 0 Å². The number of amides is 2. The van der Waals surface area contributed by atoms with E-state index in [1.807, 2.05) is 0 Å². The highest BCUT2D eigenvalue weighted by Crippen LogP contribution is 2.17. The van der Waals surface area contributed by atoms with Crippen LogP contribution in [0.1, 0.15) is 40.0 Å². The number of hydrogen-bond acceptors (Lipinski definition) is 4. The van der Waals surface area contributed by atoms with Gasteiger partial charge in [0.05, 0.1) is 6.61 Å². The van der Waals surface area contributed by atoms with E-state index in [-0.39, 0.29) is 24.8 Å². The van der Waals surface area contributed by atoms with Crippen LogP contribution in [0, 0.1) is 0 Å². The quantitative estimate of drug-likeness (QED) is 0.677. The maximum absolute atomic E-state index is 12.1. The summed E-state index contributed by atoms with van der Waals surface area (Å²) in [5, 5.41) is 0. The van der Waals surface area contributed by atoms with Gasteiger partial charge in [0.25, 0.3) is 0 Å². The molecule has 1 aliphatic heterocycles. The molecule has 20 heavy (non-hydrogen) atoms. The van der Waals surface area contributed by atoms with E-state index in [0.29, 0.717) is 13.0 Å². The first kappa shape index (κ1) is 16.5. The van der Waals surface area contributed by atoms with Crippen molar-refractivity contribution in [1.29, 1.82) is 0 Å². The lowest BCUT2D eigenvalue weighted by Gasteiger charge is -2.33. The number of esters is 1. The van der Waals surface area contributed by atoms with Crippen LogP contribution in [0.4, 0.5) is 0 Å². The fourth-order valence-corrected chi connectivity index (χ4v) is 2.10. The summed E-state index contributed by atoms with van der Waals surface area (Å²) in [7, 11) is 1.59. The average Bonchev–Trinajstić information content (AvgIpc) is 2.80. The van der Waals surface area contributed by atoms with E-state index in [4.69, 9.17) is 4.74 Å². The Morgan fingerprint density at radius 1 is 1.40 bits per heavy atom. The van der Waals surface area contributed by atoms with Gasteiger partial charge in [0, 0.05) is 33.0 Å². The third-order valence-corrected chi connectivity index (χ3v) is 3.75. The molecule has 0 aliphatic carbocycles. The molecule has 6 nitrogen and oxygen atoms in total. The number of hydrogen-bond donors (Lipinski definition) is 0. The molecule has 0 saturated carbocycles. The van der Waals surface area contributed by atoms with E-state index in [2.05, 4.69) is 0 Å².